The molecule has 3 N–H and O–H groups in total. The van der Waals surface area contributed by atoms with Crippen molar-refractivity contribution in [2.75, 3.05) is 13.7 Å². The number of aliphatic hydroxyl groups is 1. The van der Waals surface area contributed by atoms with Crippen LogP contribution in [0.5, 0.6) is 0 Å². The van der Waals surface area contributed by atoms with Gasteiger partial charge < -0.3 is 25.2 Å². The molecule has 2 atom stereocenters. The lowest BCUT2D eigenvalue weighted by molar-refractivity contribution is -0.146. The van der Waals surface area contributed by atoms with Crippen molar-refractivity contribution in [3.05, 3.63) is 0 Å². The number of hydrogen-bond donors (Lipinski definition) is 3. The van der Waals surface area contributed by atoms with Crippen molar-refractivity contribution in [3.8, 4) is 0 Å². The van der Waals surface area contributed by atoms with Crippen molar-refractivity contribution in [3.63, 3.8) is 0 Å². The first kappa shape index (κ1) is 20.2. The molecule has 0 aliphatic heterocycles. The number of alkyl carbamates (subject to hydrolysis) is 1. The predicted octanol–water partition coefficient (Wildman–Crippen LogP) is 0.330. The summed E-state index contributed by atoms with van der Waals surface area (Å²) in [5.74, 6) is -1.35. The van der Waals surface area contributed by atoms with E-state index in [9.17, 15) is 14.4 Å². The fourth-order valence-corrected chi connectivity index (χ4v) is 1.60. The maximum Gasteiger partial charge on any atom is 0.408 e. The van der Waals surface area contributed by atoms with E-state index in [1.807, 2.05) is 6.92 Å². The Bertz CT molecular complexity index is 391. The Kier molecular flexibility index (Phi) is 8.47. The summed E-state index contributed by atoms with van der Waals surface area (Å²) in [5, 5.41) is 13.9. The summed E-state index contributed by atoms with van der Waals surface area (Å²) in [6.07, 6.45) is 0.278. The lowest BCUT2D eigenvalue weighted by Gasteiger charge is -2.24. The highest BCUT2D eigenvalue weighted by Gasteiger charge is 2.27. The molecule has 0 saturated heterocycles. The molecule has 128 valence electrons. The molecule has 0 heterocycles. The summed E-state index contributed by atoms with van der Waals surface area (Å²) >= 11 is 0. The van der Waals surface area contributed by atoms with E-state index >= 15 is 0 Å². The van der Waals surface area contributed by atoms with E-state index in [0.717, 1.165) is 7.11 Å². The van der Waals surface area contributed by atoms with Gasteiger partial charge in [0, 0.05) is 0 Å². The van der Waals surface area contributed by atoms with Crippen molar-refractivity contribution < 1.29 is 29.0 Å². The number of carbonyl (C=O) groups excluding carboxylic acids is 3. The van der Waals surface area contributed by atoms with Crippen LogP contribution in [0.2, 0.25) is 0 Å². The molecule has 0 fully saturated rings. The van der Waals surface area contributed by atoms with E-state index in [4.69, 9.17) is 9.84 Å². The summed E-state index contributed by atoms with van der Waals surface area (Å²) in [4.78, 5) is 35.2. The molecule has 0 radical (unpaired) electrons. The molecule has 22 heavy (non-hydrogen) atoms. The smallest absolute Gasteiger partial charge is 0.408 e. The van der Waals surface area contributed by atoms with Crippen molar-refractivity contribution in [2.24, 2.45) is 0 Å². The number of carbonyl (C=O) groups is 3. The first-order valence-electron chi connectivity index (χ1n) is 7.13. The van der Waals surface area contributed by atoms with Gasteiger partial charge in [-0.25, -0.2) is 9.59 Å². The van der Waals surface area contributed by atoms with E-state index in [2.05, 4.69) is 15.4 Å². The Morgan fingerprint density at radius 1 is 1.14 bits per heavy atom. The van der Waals surface area contributed by atoms with Crippen LogP contribution >= 0.6 is 0 Å². The lowest BCUT2D eigenvalue weighted by Crippen LogP contribution is -2.53. The van der Waals surface area contributed by atoms with E-state index < -0.39 is 42.3 Å². The molecule has 0 rings (SSSR count). The van der Waals surface area contributed by atoms with E-state index in [0.29, 0.717) is 12.8 Å². The molecular formula is C14H26N2O6. The van der Waals surface area contributed by atoms with Gasteiger partial charge in [-0.1, -0.05) is 13.3 Å². The van der Waals surface area contributed by atoms with Crippen LogP contribution in [0.3, 0.4) is 0 Å². The molecule has 0 aromatic rings. The second-order valence-corrected chi connectivity index (χ2v) is 5.75. The predicted molar refractivity (Wildman–Crippen MR) is 79.1 cm³/mol. The van der Waals surface area contributed by atoms with Gasteiger partial charge in [0.15, 0.2) is 6.04 Å². The van der Waals surface area contributed by atoms with Gasteiger partial charge in [-0.15, -0.1) is 0 Å². The van der Waals surface area contributed by atoms with Crippen LogP contribution in [-0.4, -0.2) is 54.5 Å². The van der Waals surface area contributed by atoms with Gasteiger partial charge in [-0.3, -0.25) is 4.79 Å². The van der Waals surface area contributed by atoms with Crippen molar-refractivity contribution in [1.82, 2.24) is 10.6 Å². The number of amides is 2. The van der Waals surface area contributed by atoms with Crippen LogP contribution in [0.4, 0.5) is 4.79 Å². The molecule has 0 aliphatic rings. The number of aliphatic hydroxyl groups excluding tert-OH is 1. The van der Waals surface area contributed by atoms with Crippen LogP contribution in [0.15, 0.2) is 0 Å². The average Bonchev–Trinajstić information content (AvgIpc) is 2.41. The topological polar surface area (TPSA) is 114 Å². The summed E-state index contributed by atoms with van der Waals surface area (Å²) in [6, 6.07) is -2.03. The first-order chi connectivity index (χ1) is 10.1. The minimum absolute atomic E-state index is 0.365. The zero-order valence-electron chi connectivity index (χ0n) is 13.8. The second kappa shape index (κ2) is 9.24. The minimum atomic E-state index is -1.17. The molecule has 0 aromatic heterocycles. The molecule has 0 bridgehead atoms. The summed E-state index contributed by atoms with van der Waals surface area (Å²) < 4.78 is 9.56. The number of hydrogen-bond acceptors (Lipinski definition) is 6. The van der Waals surface area contributed by atoms with Gasteiger partial charge >= 0.3 is 12.1 Å². The second-order valence-electron chi connectivity index (χ2n) is 5.75. The van der Waals surface area contributed by atoms with Crippen molar-refractivity contribution in [2.45, 2.75) is 58.2 Å². The largest absolute Gasteiger partial charge is 0.467 e. The Morgan fingerprint density at radius 2 is 1.73 bits per heavy atom. The maximum absolute atomic E-state index is 12.1. The number of esters is 1. The first-order valence-corrected chi connectivity index (χ1v) is 7.13. The van der Waals surface area contributed by atoms with Crippen LogP contribution in [-0.2, 0) is 19.1 Å². The minimum Gasteiger partial charge on any atom is -0.467 e. The van der Waals surface area contributed by atoms with Crippen molar-refractivity contribution >= 4 is 18.0 Å². The fraction of sp³-hybridized carbons (Fsp3) is 0.786. The highest BCUT2D eigenvalue weighted by atomic mass is 16.6. The molecule has 2 amide bonds. The zero-order valence-corrected chi connectivity index (χ0v) is 13.8. The highest BCUT2D eigenvalue weighted by molar-refractivity contribution is 5.89. The SMILES string of the molecule is CCCC(NC(=O)OC(C)(C)C)C(=O)NC(CO)C(=O)OC. The molecule has 0 aliphatic carbocycles. The van der Waals surface area contributed by atoms with E-state index in [1.165, 1.54) is 0 Å². The third-order valence-electron chi connectivity index (χ3n) is 2.57. The summed E-state index contributed by atoms with van der Waals surface area (Å²) in [7, 11) is 1.15. The van der Waals surface area contributed by atoms with Gasteiger partial charge in [0.05, 0.1) is 13.7 Å². The Hall–Kier alpha value is -1.83. The average molecular weight is 318 g/mol. The standard InChI is InChI=1S/C14H26N2O6/c1-6-7-9(16-13(20)22-14(2,3)4)11(18)15-10(8-17)12(19)21-5/h9-10,17H,6-8H2,1-5H3,(H,15,18)(H,16,20). The number of nitrogens with one attached hydrogen (secondary N) is 2. The van der Waals surface area contributed by atoms with Gasteiger partial charge in [0.2, 0.25) is 5.91 Å². The van der Waals surface area contributed by atoms with Gasteiger partial charge in [-0.05, 0) is 27.2 Å². The van der Waals surface area contributed by atoms with E-state index in [-0.39, 0.29) is 0 Å². The molecule has 2 unspecified atom stereocenters. The van der Waals surface area contributed by atoms with Gasteiger partial charge in [0.25, 0.3) is 0 Å². The number of rotatable bonds is 7. The lowest BCUT2D eigenvalue weighted by atomic mass is 10.1. The van der Waals surface area contributed by atoms with E-state index in [1.54, 1.807) is 20.8 Å². The molecular weight excluding hydrogens is 292 g/mol. The zero-order chi connectivity index (χ0) is 17.3. The monoisotopic (exact) mass is 318 g/mol. The Morgan fingerprint density at radius 3 is 2.14 bits per heavy atom. The maximum atomic E-state index is 12.1. The molecule has 0 aromatic carbocycles. The Balaban J connectivity index is 4.75. The fourth-order valence-electron chi connectivity index (χ4n) is 1.60. The molecule has 0 spiro atoms. The third kappa shape index (κ3) is 7.82. The van der Waals surface area contributed by atoms with Crippen molar-refractivity contribution in [1.29, 1.82) is 0 Å². The number of methoxy groups -OCH3 is 1. The van der Waals surface area contributed by atoms with Gasteiger partial charge in [-0.2, -0.15) is 0 Å². The third-order valence-corrected chi connectivity index (χ3v) is 2.57. The molecule has 0 saturated carbocycles. The molecule has 8 nitrogen and oxygen atoms in total. The molecule has 8 heteroatoms. The quantitative estimate of drug-likeness (QED) is 0.583. The Labute approximate surface area is 130 Å². The van der Waals surface area contributed by atoms with Crippen LogP contribution in [0.25, 0.3) is 0 Å². The van der Waals surface area contributed by atoms with Crippen LogP contribution in [0, 0.1) is 0 Å². The normalized spacial score (nSPS) is 13.7. The summed E-state index contributed by atoms with van der Waals surface area (Å²) in [5.41, 5.74) is -0.684. The van der Waals surface area contributed by atoms with Crippen LogP contribution < -0.4 is 10.6 Å². The summed E-state index contributed by atoms with van der Waals surface area (Å²) in [6.45, 7) is 6.38. The van der Waals surface area contributed by atoms with Crippen LogP contribution in [0.1, 0.15) is 40.5 Å². The highest BCUT2D eigenvalue weighted by Crippen LogP contribution is 2.08. The van der Waals surface area contributed by atoms with Gasteiger partial charge in [0.1, 0.15) is 11.6 Å². The number of ether oxygens (including phenoxy) is 2.